The Morgan fingerprint density at radius 1 is 1.12 bits per heavy atom. The number of halogens is 1. The van der Waals surface area contributed by atoms with Crippen molar-refractivity contribution >= 4 is 19.7 Å². The smallest absolute Gasteiger partial charge is 0.183 e. The van der Waals surface area contributed by atoms with Gasteiger partial charge in [0.2, 0.25) is 0 Å². The van der Waals surface area contributed by atoms with Crippen molar-refractivity contribution in [2.24, 2.45) is 0 Å². The maximum absolute atomic E-state index is 13.5. The lowest BCUT2D eigenvalue weighted by atomic mass is 10.2. The van der Waals surface area contributed by atoms with Crippen molar-refractivity contribution in [2.45, 2.75) is 23.1 Å². The fourth-order valence-electron chi connectivity index (χ4n) is 3.56. The summed E-state index contributed by atoms with van der Waals surface area (Å²) in [5.41, 5.74) is 0.234. The Bertz CT molecular complexity index is 862. The van der Waals surface area contributed by atoms with Crippen LogP contribution in [0.5, 0.6) is 0 Å². The van der Waals surface area contributed by atoms with E-state index >= 15 is 0 Å². The van der Waals surface area contributed by atoms with Crippen LogP contribution in [0.4, 0.5) is 4.39 Å². The van der Waals surface area contributed by atoms with Gasteiger partial charge in [0.15, 0.2) is 19.7 Å². The normalized spacial score (nSPS) is 28.3. The molecular weight excluding hydrogens is 367 g/mol. The first-order valence-electron chi connectivity index (χ1n) is 8.23. The van der Waals surface area contributed by atoms with Crippen LogP contribution < -0.4 is 0 Å². The van der Waals surface area contributed by atoms with E-state index in [0.717, 1.165) is 19.2 Å². The standard InChI is InChI=1S/C16H23FN2O4S2/c1-12-9-13(3-4-14(12)17)25(22,23)16-11-24(20,21)10-15(16)19-7-5-18(2)6-8-19/h3-4,9,15-16H,5-8,10-11H2,1-2H3/t15-,16-/m0/s1. The molecule has 0 N–H and O–H groups in total. The number of nitrogens with zero attached hydrogens (tertiary/aromatic N) is 2. The molecule has 2 fully saturated rings. The molecule has 2 aliphatic heterocycles. The highest BCUT2D eigenvalue weighted by Crippen LogP contribution is 2.30. The summed E-state index contributed by atoms with van der Waals surface area (Å²) in [5.74, 6) is -0.989. The van der Waals surface area contributed by atoms with Crippen molar-refractivity contribution in [1.82, 2.24) is 9.80 Å². The molecule has 0 radical (unpaired) electrons. The highest BCUT2D eigenvalue weighted by atomic mass is 32.2. The maximum Gasteiger partial charge on any atom is 0.183 e. The second-order valence-corrected chi connectivity index (χ2v) is 11.3. The van der Waals surface area contributed by atoms with Gasteiger partial charge in [0.05, 0.1) is 21.7 Å². The third-order valence-electron chi connectivity index (χ3n) is 5.14. The van der Waals surface area contributed by atoms with Gasteiger partial charge in [0, 0.05) is 32.2 Å². The van der Waals surface area contributed by atoms with Gasteiger partial charge in [-0.1, -0.05) is 0 Å². The van der Waals surface area contributed by atoms with Crippen molar-refractivity contribution in [3.05, 3.63) is 29.6 Å². The quantitative estimate of drug-likeness (QED) is 0.692. The molecule has 2 saturated heterocycles. The summed E-state index contributed by atoms with van der Waals surface area (Å²) in [4.78, 5) is 4.10. The third kappa shape index (κ3) is 3.74. The van der Waals surface area contributed by atoms with E-state index in [9.17, 15) is 21.2 Å². The van der Waals surface area contributed by atoms with Crippen molar-refractivity contribution in [3.8, 4) is 0 Å². The molecule has 0 aliphatic carbocycles. The van der Waals surface area contributed by atoms with Crippen molar-refractivity contribution in [3.63, 3.8) is 0 Å². The molecular formula is C16H23FN2O4S2. The first-order valence-corrected chi connectivity index (χ1v) is 11.6. The Morgan fingerprint density at radius 2 is 1.76 bits per heavy atom. The van der Waals surface area contributed by atoms with Crippen LogP contribution >= 0.6 is 0 Å². The molecule has 2 atom stereocenters. The van der Waals surface area contributed by atoms with Crippen LogP contribution in [0.25, 0.3) is 0 Å². The molecule has 6 nitrogen and oxygen atoms in total. The lowest BCUT2D eigenvalue weighted by molar-refractivity contribution is 0.122. The van der Waals surface area contributed by atoms with Crippen molar-refractivity contribution < 1.29 is 21.2 Å². The Labute approximate surface area is 148 Å². The summed E-state index contributed by atoms with van der Waals surface area (Å²) in [6, 6.07) is 3.09. The Morgan fingerprint density at radius 3 is 2.36 bits per heavy atom. The van der Waals surface area contributed by atoms with Gasteiger partial charge in [0.25, 0.3) is 0 Å². The largest absolute Gasteiger partial charge is 0.304 e. The first kappa shape index (κ1) is 18.8. The van der Waals surface area contributed by atoms with Gasteiger partial charge in [0.1, 0.15) is 5.82 Å². The first-order chi connectivity index (χ1) is 11.6. The summed E-state index contributed by atoms with van der Waals surface area (Å²) in [5, 5.41) is -1.01. The van der Waals surface area contributed by atoms with Crippen LogP contribution in [0.15, 0.2) is 23.1 Å². The van der Waals surface area contributed by atoms with E-state index in [1.54, 1.807) is 0 Å². The van der Waals surface area contributed by atoms with Gasteiger partial charge in [-0.2, -0.15) is 0 Å². The minimum absolute atomic E-state index is 0.00683. The molecule has 2 heterocycles. The summed E-state index contributed by atoms with van der Waals surface area (Å²) < 4.78 is 64.0. The van der Waals surface area contributed by atoms with Gasteiger partial charge in [-0.25, -0.2) is 21.2 Å². The van der Waals surface area contributed by atoms with E-state index in [-0.39, 0.29) is 22.0 Å². The van der Waals surface area contributed by atoms with Crippen LogP contribution in [0.1, 0.15) is 5.56 Å². The molecule has 25 heavy (non-hydrogen) atoms. The molecule has 2 aliphatic rings. The van der Waals surface area contributed by atoms with Crippen molar-refractivity contribution in [1.29, 1.82) is 0 Å². The Balaban J connectivity index is 1.95. The number of aryl methyl sites for hydroxylation is 1. The van der Waals surface area contributed by atoms with Gasteiger partial charge < -0.3 is 4.90 Å². The summed E-state index contributed by atoms with van der Waals surface area (Å²) in [6.07, 6.45) is 0. The topological polar surface area (TPSA) is 74.8 Å². The highest BCUT2D eigenvalue weighted by molar-refractivity contribution is 7.96. The number of sulfone groups is 2. The van der Waals surface area contributed by atoms with E-state index in [2.05, 4.69) is 4.90 Å². The second-order valence-electron chi connectivity index (χ2n) is 6.98. The Hall–Kier alpha value is -1.03. The fourth-order valence-corrected chi connectivity index (χ4v) is 8.47. The molecule has 1 aromatic carbocycles. The molecule has 9 heteroatoms. The number of hydrogen-bond donors (Lipinski definition) is 0. The molecule has 140 valence electrons. The SMILES string of the molecule is Cc1cc(S(=O)(=O)[C@H]2CS(=O)(=O)C[C@@H]2N2CCN(C)CC2)ccc1F. The van der Waals surface area contributed by atoms with Crippen LogP contribution in [0.2, 0.25) is 0 Å². The highest BCUT2D eigenvalue weighted by Gasteiger charge is 2.48. The number of rotatable bonds is 3. The summed E-state index contributed by atoms with van der Waals surface area (Å²) in [7, 11) is -5.30. The molecule has 0 unspecified atom stereocenters. The van der Waals surface area contributed by atoms with Gasteiger partial charge in [-0.05, 0) is 37.7 Å². The fraction of sp³-hybridized carbons (Fsp3) is 0.625. The Kier molecular flexibility index (Phi) is 4.95. The molecule has 0 amide bonds. The zero-order valence-electron chi connectivity index (χ0n) is 14.4. The number of benzene rings is 1. The van der Waals surface area contributed by atoms with Gasteiger partial charge in [-0.15, -0.1) is 0 Å². The molecule has 3 rings (SSSR count). The van der Waals surface area contributed by atoms with E-state index < -0.39 is 36.8 Å². The molecule has 0 aromatic heterocycles. The predicted molar refractivity (Wildman–Crippen MR) is 93.6 cm³/mol. The van der Waals surface area contributed by atoms with Gasteiger partial charge in [-0.3, -0.25) is 4.90 Å². The average molecular weight is 391 g/mol. The zero-order valence-corrected chi connectivity index (χ0v) is 16.0. The molecule has 0 saturated carbocycles. The number of piperazine rings is 1. The lowest BCUT2D eigenvalue weighted by Crippen LogP contribution is -2.54. The molecule has 1 aromatic rings. The van der Waals surface area contributed by atoms with Crippen LogP contribution in [0.3, 0.4) is 0 Å². The average Bonchev–Trinajstić information content (AvgIpc) is 2.87. The summed E-state index contributed by atoms with van der Waals surface area (Å²) in [6.45, 7) is 4.34. The minimum atomic E-state index is -3.86. The number of hydrogen-bond acceptors (Lipinski definition) is 6. The second kappa shape index (κ2) is 6.61. The van der Waals surface area contributed by atoms with E-state index in [1.165, 1.54) is 19.1 Å². The molecule has 0 spiro atoms. The summed E-state index contributed by atoms with van der Waals surface area (Å²) >= 11 is 0. The van der Waals surface area contributed by atoms with Gasteiger partial charge >= 0.3 is 0 Å². The minimum Gasteiger partial charge on any atom is -0.304 e. The maximum atomic E-state index is 13.5. The monoisotopic (exact) mass is 390 g/mol. The van der Waals surface area contributed by atoms with E-state index in [1.807, 2.05) is 11.9 Å². The van der Waals surface area contributed by atoms with Crippen molar-refractivity contribution in [2.75, 3.05) is 44.7 Å². The number of likely N-dealkylation sites (N-methyl/N-ethyl adjacent to an activating group) is 1. The van der Waals surface area contributed by atoms with E-state index in [4.69, 9.17) is 0 Å². The van der Waals surface area contributed by atoms with Crippen LogP contribution in [0, 0.1) is 12.7 Å². The van der Waals surface area contributed by atoms with Crippen LogP contribution in [-0.2, 0) is 19.7 Å². The van der Waals surface area contributed by atoms with Crippen LogP contribution in [-0.4, -0.2) is 82.7 Å². The lowest BCUT2D eigenvalue weighted by Gasteiger charge is -2.37. The molecule has 0 bridgehead atoms. The third-order valence-corrected chi connectivity index (χ3v) is 9.25. The predicted octanol–water partition coefficient (Wildman–Crippen LogP) is 0.321. The van der Waals surface area contributed by atoms with E-state index in [0.29, 0.717) is 13.1 Å². The zero-order chi connectivity index (χ0) is 18.4.